The van der Waals surface area contributed by atoms with Crippen LogP contribution in [0.2, 0.25) is 44.3 Å². The summed E-state index contributed by atoms with van der Waals surface area (Å²) in [7, 11) is 0.0324. The van der Waals surface area contributed by atoms with Crippen molar-refractivity contribution in [2.24, 2.45) is 0 Å². The van der Waals surface area contributed by atoms with Crippen molar-refractivity contribution >= 4 is 25.0 Å². The first-order valence-electron chi connectivity index (χ1n) is 7.46. The van der Waals surface area contributed by atoms with Gasteiger partial charge in [0.15, 0.2) is 0 Å². The van der Waals surface area contributed by atoms with Gasteiger partial charge in [-0.1, -0.05) is 56.4 Å². The van der Waals surface area contributed by atoms with Gasteiger partial charge in [-0.2, -0.15) is 0 Å². The Morgan fingerprint density at radius 2 is 1.30 bits per heavy atom. The molecule has 0 saturated heterocycles. The van der Waals surface area contributed by atoms with E-state index in [0.29, 0.717) is 0 Å². The predicted octanol–water partition coefficient (Wildman–Crippen LogP) is 4.33. The second-order valence-corrected chi connectivity index (χ2v) is 20.3. The maximum atomic E-state index is 5.50. The molecule has 0 atom stereocenters. The molecule has 0 aliphatic carbocycles. The van der Waals surface area contributed by atoms with Crippen LogP contribution in [-0.2, 0) is 13.3 Å². The molecule has 0 rings (SSSR count). The largest absolute Gasteiger partial charge is 0.500 e. The maximum Gasteiger partial charge on any atom is 0.500 e. The minimum absolute atomic E-state index is 0.897. The Morgan fingerprint density at radius 3 is 1.65 bits per heavy atom. The molecule has 0 aromatic rings. The van der Waals surface area contributed by atoms with E-state index in [-0.39, 0.29) is 0 Å². The van der Waals surface area contributed by atoms with Gasteiger partial charge >= 0.3 is 8.80 Å². The van der Waals surface area contributed by atoms with Crippen molar-refractivity contribution in [3.8, 4) is 0 Å². The molecule has 0 aromatic heterocycles. The molecule has 0 aliphatic rings. The summed E-state index contributed by atoms with van der Waals surface area (Å²) in [4.78, 5) is 1.60. The Bertz CT molecular complexity index is 305. The summed E-state index contributed by atoms with van der Waals surface area (Å²) in [5.41, 5.74) is 0. The van der Waals surface area contributed by atoms with Gasteiger partial charge in [-0.25, -0.2) is 0 Å². The number of hydrogen-bond acceptors (Lipinski definition) is 3. The highest BCUT2D eigenvalue weighted by Gasteiger charge is 2.39. The molecule has 0 saturated carbocycles. The van der Waals surface area contributed by atoms with Crippen molar-refractivity contribution in [1.29, 1.82) is 0 Å². The van der Waals surface area contributed by atoms with E-state index < -0.39 is 25.0 Å². The molecule has 0 fully saturated rings. The molecule has 0 bridgehead atoms. The summed E-state index contributed by atoms with van der Waals surface area (Å²) in [5.74, 6) is 0. The Hall–Kier alpha value is 0.271. The zero-order chi connectivity index (χ0) is 16.0. The van der Waals surface area contributed by atoms with Crippen LogP contribution >= 0.6 is 0 Å². The molecule has 20 heavy (non-hydrogen) atoms. The summed E-state index contributed by atoms with van der Waals surface area (Å²) in [6.07, 6.45) is 1.11. The minimum Gasteiger partial charge on any atom is -0.377 e. The molecule has 120 valence electrons. The van der Waals surface area contributed by atoms with Crippen molar-refractivity contribution < 1.29 is 13.3 Å². The average Bonchev–Trinajstić information content (AvgIpc) is 2.43. The lowest BCUT2D eigenvalue weighted by molar-refractivity contribution is 0.123. The normalized spacial score (nSPS) is 13.6. The van der Waals surface area contributed by atoms with Gasteiger partial charge < -0.3 is 13.3 Å². The van der Waals surface area contributed by atoms with Crippen molar-refractivity contribution in [2.75, 3.05) is 21.3 Å². The van der Waals surface area contributed by atoms with E-state index in [1.165, 1.54) is 12.1 Å². The molecule has 0 aromatic carbocycles. The molecular weight excluding hydrogens is 300 g/mol. The van der Waals surface area contributed by atoms with Gasteiger partial charge in [-0.05, 0) is 0 Å². The van der Waals surface area contributed by atoms with E-state index in [2.05, 4.69) is 39.7 Å². The third-order valence-corrected chi connectivity index (χ3v) is 18.3. The van der Waals surface area contributed by atoms with Gasteiger partial charge in [0.05, 0.1) is 16.1 Å². The number of hydrogen-bond donors (Lipinski definition) is 0. The Balaban J connectivity index is 4.61. The SMILES string of the molecule is C=C([Si](C)(C)CC)[Si](C)(C)CCC[Si](OC)(OC)OC. The Labute approximate surface area is 129 Å². The monoisotopic (exact) mass is 334 g/mol. The zero-order valence-electron chi connectivity index (χ0n) is 14.8. The zero-order valence-corrected chi connectivity index (χ0v) is 17.8. The second-order valence-electron chi connectivity index (χ2n) is 6.75. The highest BCUT2D eigenvalue weighted by atomic mass is 28.4. The van der Waals surface area contributed by atoms with Crippen LogP contribution in [0.15, 0.2) is 11.4 Å². The summed E-state index contributed by atoms with van der Waals surface area (Å²) >= 11 is 0. The first-order valence-corrected chi connectivity index (χ1v) is 15.8. The van der Waals surface area contributed by atoms with Gasteiger partial charge in [-0.3, -0.25) is 0 Å². The van der Waals surface area contributed by atoms with Gasteiger partial charge in [0.25, 0.3) is 0 Å². The quantitative estimate of drug-likeness (QED) is 0.557. The van der Waals surface area contributed by atoms with Crippen LogP contribution in [0.4, 0.5) is 0 Å². The fraction of sp³-hybridized carbons (Fsp3) is 0.857. The fourth-order valence-corrected chi connectivity index (χ4v) is 14.7. The minimum atomic E-state index is -2.40. The van der Waals surface area contributed by atoms with E-state index in [4.69, 9.17) is 13.3 Å². The van der Waals surface area contributed by atoms with Crippen molar-refractivity contribution in [1.82, 2.24) is 0 Å². The molecule has 0 N–H and O–H groups in total. The molecule has 0 radical (unpaired) electrons. The Kier molecular flexibility index (Phi) is 8.16. The molecule has 0 unspecified atom stereocenters. The van der Waals surface area contributed by atoms with Crippen LogP contribution < -0.4 is 0 Å². The maximum absolute atomic E-state index is 5.50. The Morgan fingerprint density at radius 1 is 0.850 bits per heavy atom. The lowest BCUT2D eigenvalue weighted by Gasteiger charge is -2.36. The van der Waals surface area contributed by atoms with Crippen molar-refractivity contribution in [3.05, 3.63) is 11.4 Å². The highest BCUT2D eigenvalue weighted by molar-refractivity contribution is 7.05. The van der Waals surface area contributed by atoms with Gasteiger partial charge in [-0.15, -0.1) is 6.58 Å². The standard InChI is InChI=1S/C14H34O3Si3/c1-10-18(6,7)14(2)19(8,9)12-11-13-20(15-3,16-4)17-5/h2,10-13H2,1,3-9H3. The number of rotatable bonds is 10. The third kappa shape index (κ3) is 5.23. The fourth-order valence-electron chi connectivity index (χ4n) is 2.58. The second kappa shape index (κ2) is 8.05. The van der Waals surface area contributed by atoms with Gasteiger partial charge in [0, 0.05) is 27.4 Å². The molecule has 0 heterocycles. The van der Waals surface area contributed by atoms with E-state index >= 15 is 0 Å². The molecule has 0 aliphatic heterocycles. The van der Waals surface area contributed by atoms with E-state index in [9.17, 15) is 0 Å². The third-order valence-electron chi connectivity index (χ3n) is 4.74. The average molecular weight is 335 g/mol. The predicted molar refractivity (Wildman–Crippen MR) is 95.6 cm³/mol. The van der Waals surface area contributed by atoms with Gasteiger partial charge in [0.1, 0.15) is 0 Å². The van der Waals surface area contributed by atoms with Crippen molar-refractivity contribution in [2.45, 2.75) is 57.7 Å². The van der Waals surface area contributed by atoms with E-state index in [0.717, 1.165) is 12.5 Å². The molecule has 0 spiro atoms. The lowest BCUT2D eigenvalue weighted by Crippen LogP contribution is -2.45. The topological polar surface area (TPSA) is 27.7 Å². The first kappa shape index (κ1) is 20.3. The van der Waals surface area contributed by atoms with Crippen molar-refractivity contribution in [3.63, 3.8) is 0 Å². The summed E-state index contributed by atoms with van der Waals surface area (Å²) < 4.78 is 16.5. The summed E-state index contributed by atoms with van der Waals surface area (Å²) in [6, 6.07) is 3.43. The van der Waals surface area contributed by atoms with Gasteiger partial charge in [0.2, 0.25) is 0 Å². The smallest absolute Gasteiger partial charge is 0.377 e. The molecular formula is C14H34O3Si3. The lowest BCUT2D eigenvalue weighted by atomic mass is 10.6. The molecule has 3 nitrogen and oxygen atoms in total. The molecule has 6 heteroatoms. The van der Waals surface area contributed by atoms with E-state index in [1.807, 2.05) is 0 Å². The van der Waals surface area contributed by atoms with Crippen LogP contribution in [0, 0.1) is 0 Å². The van der Waals surface area contributed by atoms with Crippen LogP contribution in [-0.4, -0.2) is 46.3 Å². The van der Waals surface area contributed by atoms with Crippen LogP contribution in [0.25, 0.3) is 0 Å². The first-order chi connectivity index (χ1) is 9.10. The summed E-state index contributed by atoms with van der Waals surface area (Å²) in [5, 5.41) is 0. The van der Waals surface area contributed by atoms with Crippen LogP contribution in [0.3, 0.4) is 0 Å². The van der Waals surface area contributed by atoms with Crippen LogP contribution in [0.5, 0.6) is 0 Å². The van der Waals surface area contributed by atoms with Crippen LogP contribution in [0.1, 0.15) is 13.3 Å². The van der Waals surface area contributed by atoms with E-state index in [1.54, 1.807) is 26.1 Å². The summed E-state index contributed by atoms with van der Waals surface area (Å²) in [6.45, 7) is 16.6. The highest BCUT2D eigenvalue weighted by Crippen LogP contribution is 2.31. The molecule has 0 amide bonds.